The van der Waals surface area contributed by atoms with E-state index in [1.165, 1.54) is 12.8 Å². The van der Waals surface area contributed by atoms with Gasteiger partial charge < -0.3 is 14.2 Å². The Labute approximate surface area is 262 Å². The van der Waals surface area contributed by atoms with E-state index in [1.807, 2.05) is 54.6 Å². The van der Waals surface area contributed by atoms with Crippen LogP contribution in [-0.2, 0) is 4.74 Å². The molecule has 0 saturated carbocycles. The van der Waals surface area contributed by atoms with E-state index in [9.17, 15) is 30.3 Å². The van der Waals surface area contributed by atoms with E-state index < -0.39 is 27.2 Å². The van der Waals surface area contributed by atoms with Crippen LogP contribution in [0.5, 0.6) is 11.5 Å². The molecule has 0 radical (unpaired) electrons. The van der Waals surface area contributed by atoms with E-state index in [-0.39, 0.29) is 12.2 Å². The lowest BCUT2D eigenvalue weighted by molar-refractivity contribution is -0.394. The van der Waals surface area contributed by atoms with E-state index in [0.717, 1.165) is 67.2 Å². The normalized spacial score (nSPS) is 11.0. The molecule has 236 valence electrons. The Morgan fingerprint density at radius 3 is 1.76 bits per heavy atom. The Morgan fingerprint density at radius 2 is 1.24 bits per heavy atom. The summed E-state index contributed by atoms with van der Waals surface area (Å²) in [5.74, 6) is 0.665. The molecular formula is C34H37N3O8. The van der Waals surface area contributed by atoms with Gasteiger partial charge in [0, 0.05) is 12.1 Å². The van der Waals surface area contributed by atoms with Gasteiger partial charge in [-0.05, 0) is 85.7 Å². The third-order valence-corrected chi connectivity index (χ3v) is 6.84. The fourth-order valence-electron chi connectivity index (χ4n) is 4.38. The maximum absolute atomic E-state index is 12.2. The molecule has 11 nitrogen and oxygen atoms in total. The largest absolute Gasteiger partial charge is 0.494 e. The molecule has 0 bridgehead atoms. The number of benzene rings is 3. The van der Waals surface area contributed by atoms with E-state index in [1.54, 1.807) is 0 Å². The van der Waals surface area contributed by atoms with Crippen molar-refractivity contribution in [2.24, 2.45) is 0 Å². The molecule has 45 heavy (non-hydrogen) atoms. The van der Waals surface area contributed by atoms with Gasteiger partial charge in [0.05, 0.1) is 52.9 Å². The standard InChI is InChI=1S/C34H37N3O8/c1-2-3-4-7-18-44-33-16-12-27(13-17-33)29(25-35)21-26-10-14-32(15-11-26)43-19-8-5-6-9-20-45-34(38)28-22-30(36(39)40)24-31(23-28)37(41)42/h10-17,21-24H,2-9,18-20H2,1H3/b29-21+. The number of nitrogens with zero attached hydrogens (tertiary/aromatic N) is 3. The summed E-state index contributed by atoms with van der Waals surface area (Å²) in [5, 5.41) is 31.7. The number of carbonyl (C=O) groups excluding carboxylic acids is 1. The minimum atomic E-state index is -0.846. The predicted molar refractivity (Wildman–Crippen MR) is 170 cm³/mol. The van der Waals surface area contributed by atoms with Crippen LogP contribution in [0.15, 0.2) is 66.7 Å². The Hall–Kier alpha value is -5.24. The molecule has 0 unspecified atom stereocenters. The van der Waals surface area contributed by atoms with Crippen LogP contribution in [0.2, 0.25) is 0 Å². The van der Waals surface area contributed by atoms with Gasteiger partial charge in [0.1, 0.15) is 11.5 Å². The zero-order valence-corrected chi connectivity index (χ0v) is 25.3. The first-order valence-corrected chi connectivity index (χ1v) is 15.0. The summed E-state index contributed by atoms with van der Waals surface area (Å²) >= 11 is 0. The predicted octanol–water partition coefficient (Wildman–Crippen LogP) is 8.32. The molecule has 0 saturated heterocycles. The second kappa shape index (κ2) is 18.4. The summed E-state index contributed by atoms with van der Waals surface area (Å²) < 4.78 is 16.7. The highest BCUT2D eigenvalue weighted by molar-refractivity contribution is 5.91. The lowest BCUT2D eigenvalue weighted by atomic mass is 10.0. The molecule has 3 aromatic carbocycles. The second-order valence-electron chi connectivity index (χ2n) is 10.3. The molecule has 0 aliphatic carbocycles. The van der Waals surface area contributed by atoms with Gasteiger partial charge in [0.25, 0.3) is 11.4 Å². The lowest BCUT2D eigenvalue weighted by Gasteiger charge is -2.08. The summed E-state index contributed by atoms with van der Waals surface area (Å²) in [6.07, 6.45) is 9.37. The SMILES string of the molecule is CCCCCCOc1ccc(/C(C#N)=C/c2ccc(OCCCCCCOC(=O)c3cc([N+](=O)[O-])cc([N+](=O)[O-])c3)cc2)cc1. The zero-order valence-electron chi connectivity index (χ0n) is 25.3. The van der Waals surface area contributed by atoms with E-state index in [2.05, 4.69) is 13.0 Å². The first-order chi connectivity index (χ1) is 21.8. The van der Waals surface area contributed by atoms with Gasteiger partial charge >= 0.3 is 5.97 Å². The van der Waals surface area contributed by atoms with Crippen LogP contribution in [0.3, 0.4) is 0 Å². The number of nitro benzene ring substituents is 2. The first-order valence-electron chi connectivity index (χ1n) is 15.0. The van der Waals surface area contributed by atoms with Crippen LogP contribution in [0, 0.1) is 31.6 Å². The van der Waals surface area contributed by atoms with Crippen molar-refractivity contribution < 1.29 is 28.9 Å². The number of hydrogen-bond acceptors (Lipinski definition) is 9. The van der Waals surface area contributed by atoms with Gasteiger partial charge in [0.2, 0.25) is 0 Å². The van der Waals surface area contributed by atoms with Gasteiger partial charge in [-0.25, -0.2) is 4.79 Å². The Bertz CT molecular complexity index is 1460. The molecule has 0 N–H and O–H groups in total. The number of ether oxygens (including phenoxy) is 3. The highest BCUT2D eigenvalue weighted by atomic mass is 16.6. The van der Waals surface area contributed by atoms with Crippen molar-refractivity contribution in [2.75, 3.05) is 19.8 Å². The number of hydrogen-bond donors (Lipinski definition) is 0. The van der Waals surface area contributed by atoms with Gasteiger partial charge in [-0.3, -0.25) is 20.2 Å². The van der Waals surface area contributed by atoms with Crippen molar-refractivity contribution in [2.45, 2.75) is 58.3 Å². The Morgan fingerprint density at radius 1 is 0.733 bits per heavy atom. The highest BCUT2D eigenvalue weighted by Crippen LogP contribution is 2.24. The van der Waals surface area contributed by atoms with Crippen molar-refractivity contribution in [1.29, 1.82) is 5.26 Å². The summed E-state index contributed by atoms with van der Waals surface area (Å²) in [6.45, 7) is 3.46. The average molecular weight is 616 g/mol. The van der Waals surface area contributed by atoms with Crippen LogP contribution in [-0.4, -0.2) is 35.6 Å². The Balaban J connectivity index is 1.36. The maximum atomic E-state index is 12.2. The number of esters is 1. The molecule has 0 heterocycles. The van der Waals surface area contributed by atoms with E-state index in [0.29, 0.717) is 31.0 Å². The monoisotopic (exact) mass is 615 g/mol. The number of allylic oxidation sites excluding steroid dienone is 1. The summed E-state index contributed by atoms with van der Waals surface area (Å²) in [7, 11) is 0. The highest BCUT2D eigenvalue weighted by Gasteiger charge is 2.20. The fourth-order valence-corrected chi connectivity index (χ4v) is 4.38. The molecule has 3 aromatic rings. The van der Waals surface area contributed by atoms with Crippen LogP contribution >= 0.6 is 0 Å². The van der Waals surface area contributed by atoms with E-state index >= 15 is 0 Å². The molecule has 3 rings (SSSR count). The minimum absolute atomic E-state index is 0.0902. The van der Waals surface area contributed by atoms with Crippen LogP contribution < -0.4 is 9.47 Å². The zero-order chi connectivity index (χ0) is 32.4. The molecule has 11 heteroatoms. The fraction of sp³-hybridized carbons (Fsp3) is 0.353. The summed E-state index contributed by atoms with van der Waals surface area (Å²) in [6, 6.07) is 20.0. The Kier molecular flexibility index (Phi) is 14.0. The van der Waals surface area contributed by atoms with E-state index in [4.69, 9.17) is 14.2 Å². The summed E-state index contributed by atoms with van der Waals surface area (Å²) in [5.41, 5.74) is 0.921. The molecule has 0 fully saturated rings. The molecular weight excluding hydrogens is 578 g/mol. The average Bonchev–Trinajstić information content (AvgIpc) is 3.05. The molecule has 0 aliphatic heterocycles. The molecule has 0 aromatic heterocycles. The number of rotatable bonds is 19. The molecule has 0 spiro atoms. The number of unbranched alkanes of at least 4 members (excludes halogenated alkanes) is 6. The molecule has 0 atom stereocenters. The summed E-state index contributed by atoms with van der Waals surface area (Å²) in [4.78, 5) is 32.6. The number of nitro groups is 2. The third-order valence-electron chi connectivity index (χ3n) is 6.84. The second-order valence-corrected chi connectivity index (χ2v) is 10.3. The molecule has 0 aliphatic rings. The third kappa shape index (κ3) is 11.8. The maximum Gasteiger partial charge on any atom is 0.338 e. The topological polar surface area (TPSA) is 155 Å². The van der Waals surface area contributed by atoms with Gasteiger partial charge in [-0.15, -0.1) is 0 Å². The lowest BCUT2D eigenvalue weighted by Crippen LogP contribution is -2.08. The first kappa shape index (κ1) is 34.3. The van der Waals surface area contributed by atoms with Crippen LogP contribution in [0.4, 0.5) is 11.4 Å². The van der Waals surface area contributed by atoms with Crippen molar-refractivity contribution in [3.8, 4) is 17.6 Å². The number of carbonyl (C=O) groups is 1. The van der Waals surface area contributed by atoms with Crippen LogP contribution in [0.25, 0.3) is 11.6 Å². The number of non-ortho nitro benzene ring substituents is 2. The smallest absolute Gasteiger partial charge is 0.338 e. The van der Waals surface area contributed by atoms with Crippen molar-refractivity contribution in [3.63, 3.8) is 0 Å². The van der Waals surface area contributed by atoms with Gasteiger partial charge in [0.15, 0.2) is 0 Å². The molecule has 0 amide bonds. The van der Waals surface area contributed by atoms with Gasteiger partial charge in [-0.1, -0.05) is 38.3 Å². The van der Waals surface area contributed by atoms with Crippen molar-refractivity contribution in [3.05, 3.63) is 104 Å². The van der Waals surface area contributed by atoms with Crippen molar-refractivity contribution in [1.82, 2.24) is 0 Å². The quantitative estimate of drug-likeness (QED) is 0.0323. The van der Waals surface area contributed by atoms with Crippen molar-refractivity contribution >= 4 is 29.0 Å². The van der Waals surface area contributed by atoms with Gasteiger partial charge in [-0.2, -0.15) is 5.26 Å². The minimum Gasteiger partial charge on any atom is -0.494 e. The van der Waals surface area contributed by atoms with Crippen LogP contribution in [0.1, 0.15) is 79.8 Å². The number of nitriles is 1.